The Balaban J connectivity index is 2.29. The van der Waals surface area contributed by atoms with Crippen molar-refractivity contribution in [3.05, 3.63) is 35.1 Å². The van der Waals surface area contributed by atoms with Gasteiger partial charge in [0, 0.05) is 6.04 Å². The average molecular weight is 271 g/mol. The zero-order valence-corrected chi connectivity index (χ0v) is 11.6. The monoisotopic (exact) mass is 271 g/mol. The minimum Gasteiger partial charge on any atom is -0.314 e. The highest BCUT2D eigenvalue weighted by molar-refractivity contribution is 5.29. The average Bonchev–Trinajstić information content (AvgIpc) is 2.38. The highest BCUT2D eigenvalue weighted by Gasteiger charge is 2.50. The Bertz CT molecular complexity index is 451. The Hall–Kier alpha value is -1.03. The van der Waals surface area contributed by atoms with E-state index in [1.165, 1.54) is 0 Å². The Morgan fingerprint density at radius 3 is 2.26 bits per heavy atom. The summed E-state index contributed by atoms with van der Waals surface area (Å²) in [5.74, 6) is -3.50. The smallest absolute Gasteiger partial charge is 0.194 e. The first-order chi connectivity index (χ1) is 8.93. The van der Waals surface area contributed by atoms with E-state index in [9.17, 15) is 13.2 Å². The largest absolute Gasteiger partial charge is 0.314 e. The number of benzene rings is 1. The van der Waals surface area contributed by atoms with Crippen LogP contribution in [-0.2, 0) is 0 Å². The minimum absolute atomic E-state index is 0.0350. The highest BCUT2D eigenvalue weighted by Crippen LogP contribution is 2.55. The van der Waals surface area contributed by atoms with E-state index in [2.05, 4.69) is 19.2 Å². The molecule has 0 radical (unpaired) electrons. The number of nitrogens with one attached hydrogen (secondary N) is 1. The lowest BCUT2D eigenvalue weighted by molar-refractivity contribution is 0.0451. The normalized spacial score (nSPS) is 30.2. The fourth-order valence-electron chi connectivity index (χ4n) is 3.21. The predicted molar refractivity (Wildman–Crippen MR) is 69.5 cm³/mol. The van der Waals surface area contributed by atoms with Gasteiger partial charge in [0.25, 0.3) is 0 Å². The topological polar surface area (TPSA) is 12.0 Å². The van der Waals surface area contributed by atoms with Crippen molar-refractivity contribution in [2.45, 2.75) is 45.6 Å². The maximum atomic E-state index is 13.3. The van der Waals surface area contributed by atoms with Crippen LogP contribution in [-0.4, -0.2) is 12.6 Å². The Morgan fingerprint density at radius 2 is 1.79 bits per heavy atom. The van der Waals surface area contributed by atoms with Gasteiger partial charge in [-0.3, -0.25) is 0 Å². The van der Waals surface area contributed by atoms with Gasteiger partial charge in [-0.1, -0.05) is 20.8 Å². The van der Waals surface area contributed by atoms with Crippen molar-refractivity contribution >= 4 is 0 Å². The molecule has 1 aromatic carbocycles. The second-order valence-electron chi connectivity index (χ2n) is 5.56. The van der Waals surface area contributed by atoms with E-state index in [4.69, 9.17) is 0 Å². The van der Waals surface area contributed by atoms with Crippen LogP contribution in [0, 0.1) is 22.9 Å². The number of rotatable bonds is 4. The van der Waals surface area contributed by atoms with Gasteiger partial charge in [-0.05, 0) is 48.4 Å². The Morgan fingerprint density at radius 1 is 1.21 bits per heavy atom. The van der Waals surface area contributed by atoms with Gasteiger partial charge in [-0.2, -0.15) is 0 Å². The lowest BCUT2D eigenvalue weighted by Crippen LogP contribution is -2.56. The van der Waals surface area contributed by atoms with Crippen LogP contribution in [0.2, 0.25) is 0 Å². The molecule has 0 bridgehead atoms. The van der Waals surface area contributed by atoms with Crippen LogP contribution in [0.1, 0.15) is 45.1 Å². The quantitative estimate of drug-likeness (QED) is 0.817. The SMILES string of the molecule is CCNC1CC(c2cc(F)c(F)c(F)c2)C1(C)CC. The third-order valence-corrected chi connectivity index (χ3v) is 4.68. The summed E-state index contributed by atoms with van der Waals surface area (Å²) < 4.78 is 39.7. The van der Waals surface area contributed by atoms with Crippen molar-refractivity contribution in [3.63, 3.8) is 0 Å². The zero-order valence-electron chi connectivity index (χ0n) is 11.6. The molecule has 1 nitrogen and oxygen atoms in total. The molecular formula is C15H20F3N. The standard InChI is InChI=1S/C15H20F3N/c1-4-15(3)10(8-13(15)19-5-2)9-6-11(16)14(18)12(17)7-9/h6-7,10,13,19H,4-5,8H2,1-3H3. The van der Waals surface area contributed by atoms with Gasteiger partial charge in [-0.25, -0.2) is 13.2 Å². The first-order valence-electron chi connectivity index (χ1n) is 6.81. The first-order valence-corrected chi connectivity index (χ1v) is 6.81. The van der Waals surface area contributed by atoms with Crippen LogP contribution in [0.3, 0.4) is 0 Å². The van der Waals surface area contributed by atoms with E-state index in [1.54, 1.807) is 0 Å². The van der Waals surface area contributed by atoms with Crippen molar-refractivity contribution < 1.29 is 13.2 Å². The van der Waals surface area contributed by atoms with E-state index in [1.807, 2.05) is 6.92 Å². The summed E-state index contributed by atoms with van der Waals surface area (Å²) in [7, 11) is 0. The van der Waals surface area contributed by atoms with Gasteiger partial charge in [0.2, 0.25) is 0 Å². The summed E-state index contributed by atoms with van der Waals surface area (Å²) >= 11 is 0. The van der Waals surface area contributed by atoms with Crippen LogP contribution in [0.25, 0.3) is 0 Å². The molecule has 0 saturated heterocycles. The van der Waals surface area contributed by atoms with Crippen molar-refractivity contribution in [2.24, 2.45) is 5.41 Å². The summed E-state index contributed by atoms with van der Waals surface area (Å²) in [4.78, 5) is 0. The van der Waals surface area contributed by atoms with Crippen molar-refractivity contribution in [2.75, 3.05) is 6.54 Å². The zero-order chi connectivity index (χ0) is 14.2. The summed E-state index contributed by atoms with van der Waals surface area (Å²) in [6, 6.07) is 2.63. The van der Waals surface area contributed by atoms with E-state index >= 15 is 0 Å². The van der Waals surface area contributed by atoms with Crippen LogP contribution in [0.5, 0.6) is 0 Å². The van der Waals surface area contributed by atoms with Gasteiger partial charge in [0.05, 0.1) is 0 Å². The van der Waals surface area contributed by atoms with Crippen LogP contribution >= 0.6 is 0 Å². The molecule has 0 heterocycles. The minimum atomic E-state index is -1.38. The molecule has 3 atom stereocenters. The second kappa shape index (κ2) is 5.16. The molecule has 1 aliphatic carbocycles. The highest BCUT2D eigenvalue weighted by atomic mass is 19.2. The third kappa shape index (κ3) is 2.27. The van der Waals surface area contributed by atoms with Crippen molar-refractivity contribution in [3.8, 4) is 0 Å². The van der Waals surface area contributed by atoms with Crippen LogP contribution in [0.15, 0.2) is 12.1 Å². The van der Waals surface area contributed by atoms with Crippen molar-refractivity contribution in [1.29, 1.82) is 0 Å². The van der Waals surface area contributed by atoms with Crippen LogP contribution < -0.4 is 5.32 Å². The maximum absolute atomic E-state index is 13.3. The second-order valence-corrected chi connectivity index (χ2v) is 5.56. The fraction of sp³-hybridized carbons (Fsp3) is 0.600. The molecule has 1 aromatic rings. The summed E-state index contributed by atoms with van der Waals surface area (Å²) in [5.41, 5.74) is 0.530. The molecule has 0 aliphatic heterocycles. The summed E-state index contributed by atoms with van der Waals surface area (Å²) in [6.07, 6.45) is 1.75. The van der Waals surface area contributed by atoms with Crippen LogP contribution in [0.4, 0.5) is 13.2 Å². The molecule has 2 rings (SSSR count). The molecule has 1 saturated carbocycles. The summed E-state index contributed by atoms with van der Waals surface area (Å²) in [5, 5.41) is 3.40. The summed E-state index contributed by atoms with van der Waals surface area (Å²) in [6.45, 7) is 7.11. The van der Waals surface area contributed by atoms with Gasteiger partial charge in [0.15, 0.2) is 17.5 Å². The fourth-order valence-corrected chi connectivity index (χ4v) is 3.21. The molecule has 1 aliphatic rings. The third-order valence-electron chi connectivity index (χ3n) is 4.68. The molecule has 106 valence electrons. The van der Waals surface area contributed by atoms with Crippen molar-refractivity contribution in [1.82, 2.24) is 5.32 Å². The van der Waals surface area contributed by atoms with Gasteiger partial charge in [0.1, 0.15) is 0 Å². The molecule has 1 fully saturated rings. The Kier molecular flexibility index (Phi) is 3.90. The lowest BCUT2D eigenvalue weighted by atomic mass is 9.54. The molecule has 0 spiro atoms. The Labute approximate surface area is 112 Å². The van der Waals surface area contributed by atoms with E-state index in [0.29, 0.717) is 11.6 Å². The van der Waals surface area contributed by atoms with E-state index < -0.39 is 17.5 Å². The molecule has 0 aromatic heterocycles. The maximum Gasteiger partial charge on any atom is 0.194 e. The lowest BCUT2D eigenvalue weighted by Gasteiger charge is -2.55. The first kappa shape index (κ1) is 14.4. The van der Waals surface area contributed by atoms with E-state index in [-0.39, 0.29) is 11.3 Å². The molecule has 4 heteroatoms. The van der Waals surface area contributed by atoms with Gasteiger partial charge in [-0.15, -0.1) is 0 Å². The molecule has 3 unspecified atom stereocenters. The molecule has 1 N–H and O–H groups in total. The number of halogens is 3. The molecular weight excluding hydrogens is 251 g/mol. The molecule has 19 heavy (non-hydrogen) atoms. The van der Waals surface area contributed by atoms with E-state index in [0.717, 1.165) is 31.5 Å². The van der Waals surface area contributed by atoms with Gasteiger partial charge >= 0.3 is 0 Å². The molecule has 0 amide bonds. The predicted octanol–water partition coefficient (Wildman–Crippen LogP) is 3.99. The number of hydrogen-bond acceptors (Lipinski definition) is 1. The number of hydrogen-bond donors (Lipinski definition) is 1. The van der Waals surface area contributed by atoms with Gasteiger partial charge < -0.3 is 5.32 Å².